The summed E-state index contributed by atoms with van der Waals surface area (Å²) in [6.07, 6.45) is 1.26. The van der Waals surface area contributed by atoms with E-state index < -0.39 is 28.5 Å². The van der Waals surface area contributed by atoms with Crippen LogP contribution in [0.25, 0.3) is 0 Å². The van der Waals surface area contributed by atoms with Crippen molar-refractivity contribution < 1.29 is 18.0 Å². The predicted octanol–water partition coefficient (Wildman–Crippen LogP) is 6.13. The number of aryl methyl sites for hydroxylation is 1. The first-order valence-corrected chi connectivity index (χ1v) is 16.0. The van der Waals surface area contributed by atoms with E-state index in [4.69, 9.17) is 34.8 Å². The van der Waals surface area contributed by atoms with Crippen molar-refractivity contribution in [3.05, 3.63) is 98.5 Å². The molecule has 3 aromatic rings. The number of anilines is 1. The Morgan fingerprint density at radius 3 is 2.17 bits per heavy atom. The predicted molar refractivity (Wildman–Crippen MR) is 167 cm³/mol. The minimum Gasteiger partial charge on any atom is -0.354 e. The van der Waals surface area contributed by atoms with Gasteiger partial charge in [-0.05, 0) is 59.9 Å². The van der Waals surface area contributed by atoms with Crippen molar-refractivity contribution in [2.24, 2.45) is 5.92 Å². The van der Waals surface area contributed by atoms with Gasteiger partial charge < -0.3 is 10.2 Å². The fourth-order valence-electron chi connectivity index (χ4n) is 4.30. The third kappa shape index (κ3) is 9.36. The molecule has 0 aliphatic carbocycles. The first-order valence-electron chi connectivity index (χ1n) is 13.0. The van der Waals surface area contributed by atoms with E-state index >= 15 is 0 Å². The van der Waals surface area contributed by atoms with E-state index in [0.29, 0.717) is 38.4 Å². The quantitative estimate of drug-likeness (QED) is 0.259. The number of amides is 2. The van der Waals surface area contributed by atoms with Crippen LogP contribution in [-0.2, 0) is 32.6 Å². The molecular weight excluding hydrogens is 605 g/mol. The molecule has 0 saturated carbocycles. The molecule has 2 amide bonds. The summed E-state index contributed by atoms with van der Waals surface area (Å²) >= 11 is 18.5. The van der Waals surface area contributed by atoms with Crippen LogP contribution in [0.15, 0.2) is 66.7 Å². The Labute approximate surface area is 257 Å². The molecule has 0 fully saturated rings. The van der Waals surface area contributed by atoms with E-state index in [1.807, 2.05) is 44.2 Å². The lowest BCUT2D eigenvalue weighted by molar-refractivity contribution is -0.140. The second-order valence-electron chi connectivity index (χ2n) is 10.3. The first kappa shape index (κ1) is 32.7. The maximum Gasteiger partial charge on any atom is 0.244 e. The Morgan fingerprint density at radius 1 is 0.902 bits per heavy atom. The van der Waals surface area contributed by atoms with Crippen LogP contribution in [0.5, 0.6) is 0 Å². The number of hydrogen-bond acceptors (Lipinski definition) is 4. The van der Waals surface area contributed by atoms with Crippen LogP contribution >= 0.6 is 34.8 Å². The lowest BCUT2D eigenvalue weighted by Gasteiger charge is -2.34. The van der Waals surface area contributed by atoms with E-state index in [9.17, 15) is 18.0 Å². The van der Waals surface area contributed by atoms with Crippen LogP contribution in [0.2, 0.25) is 15.1 Å². The van der Waals surface area contributed by atoms with Crippen molar-refractivity contribution in [3.8, 4) is 0 Å². The average molecular weight is 639 g/mol. The summed E-state index contributed by atoms with van der Waals surface area (Å²) in [5.41, 5.74) is 2.39. The highest BCUT2D eigenvalue weighted by Crippen LogP contribution is 2.27. The number of sulfonamides is 1. The maximum absolute atomic E-state index is 14.1. The zero-order chi connectivity index (χ0) is 30.3. The van der Waals surface area contributed by atoms with Gasteiger partial charge in [-0.15, -0.1) is 0 Å². The van der Waals surface area contributed by atoms with Crippen LogP contribution in [0.4, 0.5) is 5.69 Å². The summed E-state index contributed by atoms with van der Waals surface area (Å²) in [4.78, 5) is 29.2. The molecule has 11 heteroatoms. The van der Waals surface area contributed by atoms with E-state index in [2.05, 4.69) is 5.32 Å². The Balaban J connectivity index is 2.08. The number of nitrogens with one attached hydrogen (secondary N) is 1. The molecule has 7 nitrogen and oxygen atoms in total. The van der Waals surface area contributed by atoms with Gasteiger partial charge in [0.2, 0.25) is 21.8 Å². The van der Waals surface area contributed by atoms with Crippen LogP contribution in [0.3, 0.4) is 0 Å². The fourth-order valence-corrected chi connectivity index (χ4v) is 5.76. The second kappa shape index (κ2) is 14.4. The minimum atomic E-state index is -3.89. The highest BCUT2D eigenvalue weighted by Gasteiger charge is 2.33. The standard InChI is InChI=1S/C30H34Cl3N3O4S/c1-20(2)17-34-30(38)28(16-22-8-6-5-7-9-22)35(18-23-10-12-25(32)26(33)15-23)29(37)19-36(41(4,39)40)27-13-11-24(31)14-21(27)3/h5-15,20,28H,16-19H2,1-4H3,(H,34,38)/t28-/m1/s1. The second-order valence-corrected chi connectivity index (χ2v) is 13.5. The molecule has 0 bridgehead atoms. The van der Waals surface area contributed by atoms with Crippen LogP contribution in [0.1, 0.15) is 30.5 Å². The van der Waals surface area contributed by atoms with Crippen molar-refractivity contribution in [1.29, 1.82) is 0 Å². The van der Waals surface area contributed by atoms with Gasteiger partial charge in [0.25, 0.3) is 0 Å². The third-order valence-corrected chi connectivity index (χ3v) is 8.50. The highest BCUT2D eigenvalue weighted by atomic mass is 35.5. The first-order chi connectivity index (χ1) is 19.3. The number of carbonyl (C=O) groups excluding carboxylic acids is 2. The summed E-state index contributed by atoms with van der Waals surface area (Å²) in [7, 11) is -3.89. The normalized spacial score (nSPS) is 12.2. The molecule has 1 atom stereocenters. The monoisotopic (exact) mass is 637 g/mol. The van der Waals surface area contributed by atoms with Crippen molar-refractivity contribution in [3.63, 3.8) is 0 Å². The Hall–Kier alpha value is -2.78. The van der Waals surface area contributed by atoms with Crippen molar-refractivity contribution in [1.82, 2.24) is 10.2 Å². The summed E-state index contributed by atoms with van der Waals surface area (Å²) in [6, 6.07) is 18.1. The highest BCUT2D eigenvalue weighted by molar-refractivity contribution is 7.92. The van der Waals surface area contributed by atoms with Gasteiger partial charge in [0, 0.05) is 24.5 Å². The molecule has 0 unspecified atom stereocenters. The Morgan fingerprint density at radius 2 is 1.59 bits per heavy atom. The average Bonchev–Trinajstić information content (AvgIpc) is 2.90. The molecule has 220 valence electrons. The lowest BCUT2D eigenvalue weighted by atomic mass is 10.0. The van der Waals surface area contributed by atoms with Gasteiger partial charge in [0.05, 0.1) is 22.0 Å². The third-order valence-electron chi connectivity index (χ3n) is 6.40. The van der Waals surface area contributed by atoms with Crippen molar-refractivity contribution >= 4 is 62.3 Å². The molecule has 0 aliphatic rings. The molecule has 0 heterocycles. The van der Waals surface area contributed by atoms with Gasteiger partial charge in [-0.3, -0.25) is 13.9 Å². The number of carbonyl (C=O) groups is 2. The molecule has 41 heavy (non-hydrogen) atoms. The Kier molecular flexibility index (Phi) is 11.5. The molecular formula is C30H34Cl3N3O4S. The van der Waals surface area contributed by atoms with E-state index in [-0.39, 0.29) is 24.8 Å². The van der Waals surface area contributed by atoms with Gasteiger partial charge in [-0.25, -0.2) is 8.42 Å². The summed E-state index contributed by atoms with van der Waals surface area (Å²) < 4.78 is 26.9. The smallest absolute Gasteiger partial charge is 0.244 e. The summed E-state index contributed by atoms with van der Waals surface area (Å²) in [5, 5.41) is 4.04. The van der Waals surface area contributed by atoms with E-state index in [1.165, 1.54) is 4.90 Å². The number of nitrogens with zero attached hydrogens (tertiary/aromatic N) is 2. The molecule has 3 aromatic carbocycles. The van der Waals surface area contributed by atoms with E-state index in [0.717, 1.165) is 16.1 Å². The topological polar surface area (TPSA) is 86.8 Å². The molecule has 0 aromatic heterocycles. The zero-order valence-electron chi connectivity index (χ0n) is 23.4. The minimum absolute atomic E-state index is 0.000473. The SMILES string of the molecule is Cc1cc(Cl)ccc1N(CC(=O)N(Cc1ccc(Cl)c(Cl)c1)[C@H](Cc1ccccc1)C(=O)NCC(C)C)S(C)(=O)=O. The summed E-state index contributed by atoms with van der Waals surface area (Å²) in [5.74, 6) is -0.717. The van der Waals surface area contributed by atoms with Gasteiger partial charge >= 0.3 is 0 Å². The molecule has 1 N–H and O–H groups in total. The molecule has 3 rings (SSSR count). The number of halogens is 3. The molecule has 0 aliphatic heterocycles. The number of benzene rings is 3. The summed E-state index contributed by atoms with van der Waals surface area (Å²) in [6.45, 7) is 5.56. The van der Waals surface area contributed by atoms with Crippen LogP contribution < -0.4 is 9.62 Å². The van der Waals surface area contributed by atoms with Crippen molar-refractivity contribution in [2.75, 3.05) is 23.7 Å². The molecule has 0 spiro atoms. The van der Waals surface area contributed by atoms with Crippen LogP contribution in [-0.4, -0.2) is 50.5 Å². The number of hydrogen-bond donors (Lipinski definition) is 1. The fraction of sp³-hybridized carbons (Fsp3) is 0.333. The molecule has 0 radical (unpaired) electrons. The zero-order valence-corrected chi connectivity index (χ0v) is 26.5. The maximum atomic E-state index is 14.1. The van der Waals surface area contributed by atoms with Gasteiger partial charge in [0.15, 0.2) is 0 Å². The largest absolute Gasteiger partial charge is 0.354 e. The van der Waals surface area contributed by atoms with Crippen LogP contribution in [0, 0.1) is 12.8 Å². The van der Waals surface area contributed by atoms with Gasteiger partial charge in [-0.1, -0.05) is 85.0 Å². The van der Waals surface area contributed by atoms with Gasteiger partial charge in [0.1, 0.15) is 12.6 Å². The van der Waals surface area contributed by atoms with Crippen molar-refractivity contribution in [2.45, 2.75) is 39.8 Å². The molecule has 0 saturated heterocycles. The van der Waals surface area contributed by atoms with E-state index in [1.54, 1.807) is 43.3 Å². The lowest BCUT2D eigenvalue weighted by Crippen LogP contribution is -2.53. The Bertz CT molecular complexity index is 1480. The van der Waals surface area contributed by atoms with Gasteiger partial charge in [-0.2, -0.15) is 0 Å². The number of rotatable bonds is 12.